The molecule has 1 aromatic heterocycles. The van der Waals surface area contributed by atoms with Crippen molar-refractivity contribution in [3.63, 3.8) is 0 Å². The fourth-order valence-corrected chi connectivity index (χ4v) is 1.58. The average Bonchev–Trinajstić information content (AvgIpc) is 2.98. The Morgan fingerprint density at radius 1 is 1.10 bits per heavy atom. The molecule has 0 aliphatic carbocycles. The fourth-order valence-electron chi connectivity index (χ4n) is 1.58. The van der Waals surface area contributed by atoms with Crippen molar-refractivity contribution in [2.45, 2.75) is 0 Å². The van der Waals surface area contributed by atoms with E-state index >= 15 is 0 Å². The summed E-state index contributed by atoms with van der Waals surface area (Å²) in [5.41, 5.74) is 0.590. The van der Waals surface area contributed by atoms with Gasteiger partial charge in [-0.25, -0.2) is 4.79 Å². The summed E-state index contributed by atoms with van der Waals surface area (Å²) in [6.07, 6.45) is 5.54. The Morgan fingerprint density at radius 3 is 2.48 bits per heavy atom. The van der Waals surface area contributed by atoms with Gasteiger partial charge in [-0.1, -0.05) is 30.3 Å². The predicted molar refractivity (Wildman–Crippen MR) is 77.9 cm³/mol. The van der Waals surface area contributed by atoms with Gasteiger partial charge in [0.2, 0.25) is 5.91 Å². The Balaban J connectivity index is 2.06. The van der Waals surface area contributed by atoms with Crippen LogP contribution < -0.4 is 5.32 Å². The topological polar surface area (TPSA) is 79.5 Å². The van der Waals surface area contributed by atoms with Crippen molar-refractivity contribution < 1.29 is 19.1 Å². The lowest BCUT2D eigenvalue weighted by atomic mass is 10.2. The number of hydrogen-bond acceptors (Lipinski definition) is 3. The normalized spacial score (nSPS) is 11.5. The Kier molecular flexibility index (Phi) is 4.71. The number of amides is 1. The van der Waals surface area contributed by atoms with Gasteiger partial charge in [-0.05, 0) is 23.8 Å². The molecule has 0 atom stereocenters. The highest BCUT2D eigenvalue weighted by Crippen LogP contribution is 2.06. The highest BCUT2D eigenvalue weighted by Gasteiger charge is 2.10. The van der Waals surface area contributed by atoms with E-state index in [-0.39, 0.29) is 5.70 Å². The molecule has 2 N–H and O–H groups in total. The minimum Gasteiger partial charge on any atom is -0.477 e. The Labute approximate surface area is 121 Å². The Hall–Kier alpha value is -3.08. The van der Waals surface area contributed by atoms with Crippen LogP contribution in [0.25, 0.3) is 12.2 Å². The first-order chi connectivity index (χ1) is 10.1. The molecule has 5 heteroatoms. The minimum atomic E-state index is -1.24. The predicted octanol–water partition coefficient (Wildman–Crippen LogP) is 2.53. The summed E-state index contributed by atoms with van der Waals surface area (Å²) in [4.78, 5) is 22.8. The molecule has 1 heterocycles. The van der Waals surface area contributed by atoms with Gasteiger partial charge in [-0.2, -0.15) is 0 Å². The smallest absolute Gasteiger partial charge is 0.352 e. The molecule has 0 bridgehead atoms. The van der Waals surface area contributed by atoms with Gasteiger partial charge in [0.25, 0.3) is 0 Å². The van der Waals surface area contributed by atoms with Crippen molar-refractivity contribution in [1.82, 2.24) is 5.32 Å². The van der Waals surface area contributed by atoms with Crippen molar-refractivity contribution in [1.29, 1.82) is 0 Å². The summed E-state index contributed by atoms with van der Waals surface area (Å²) in [7, 11) is 0. The van der Waals surface area contributed by atoms with Crippen LogP contribution in [0.2, 0.25) is 0 Å². The second-order valence-corrected chi connectivity index (χ2v) is 4.11. The number of carboxylic acid groups (broad SMARTS) is 1. The molecule has 1 aromatic carbocycles. The SMILES string of the molecule is O=C(/C=C/c1ccccc1)N/C(=C/c1ccco1)C(=O)O. The molecular weight excluding hydrogens is 270 g/mol. The molecule has 0 saturated heterocycles. The first-order valence-corrected chi connectivity index (χ1v) is 6.18. The maximum Gasteiger partial charge on any atom is 0.352 e. The molecule has 21 heavy (non-hydrogen) atoms. The molecule has 0 radical (unpaired) electrons. The van der Waals surface area contributed by atoms with E-state index in [0.29, 0.717) is 5.76 Å². The van der Waals surface area contributed by atoms with Crippen LogP contribution in [0.3, 0.4) is 0 Å². The van der Waals surface area contributed by atoms with Crippen LogP contribution in [-0.4, -0.2) is 17.0 Å². The number of carbonyl (C=O) groups excluding carboxylic acids is 1. The Bertz CT molecular complexity index is 670. The van der Waals surface area contributed by atoms with Gasteiger partial charge in [0.1, 0.15) is 11.5 Å². The van der Waals surface area contributed by atoms with Crippen LogP contribution in [-0.2, 0) is 9.59 Å². The van der Waals surface area contributed by atoms with Crippen molar-refractivity contribution in [2.75, 3.05) is 0 Å². The average molecular weight is 283 g/mol. The van der Waals surface area contributed by atoms with E-state index in [1.165, 1.54) is 18.4 Å². The molecule has 106 valence electrons. The van der Waals surface area contributed by atoms with Crippen LogP contribution in [0.15, 0.2) is 64.9 Å². The molecular formula is C16H13NO4. The number of aliphatic carboxylic acids is 1. The first-order valence-electron chi connectivity index (χ1n) is 6.18. The van der Waals surface area contributed by atoms with Crippen molar-refractivity contribution >= 4 is 24.0 Å². The molecule has 0 fully saturated rings. The summed E-state index contributed by atoms with van der Waals surface area (Å²) >= 11 is 0. The second kappa shape index (κ2) is 6.91. The number of furan rings is 1. The molecule has 1 amide bonds. The van der Waals surface area contributed by atoms with Gasteiger partial charge in [0.15, 0.2) is 0 Å². The van der Waals surface area contributed by atoms with Crippen molar-refractivity contribution in [2.24, 2.45) is 0 Å². The summed E-state index contributed by atoms with van der Waals surface area (Å²) in [5, 5.41) is 11.4. The van der Waals surface area contributed by atoms with E-state index in [0.717, 1.165) is 5.56 Å². The lowest BCUT2D eigenvalue weighted by Crippen LogP contribution is -2.25. The zero-order valence-corrected chi connectivity index (χ0v) is 11.0. The third-order valence-corrected chi connectivity index (χ3v) is 2.54. The molecule has 0 unspecified atom stereocenters. The number of rotatable bonds is 5. The molecule has 2 rings (SSSR count). The van der Waals surface area contributed by atoms with Gasteiger partial charge < -0.3 is 14.8 Å². The fraction of sp³-hybridized carbons (Fsp3) is 0. The summed E-state index contributed by atoms with van der Waals surface area (Å²) in [6, 6.07) is 12.4. The standard InChI is InChI=1S/C16H13NO4/c18-15(9-8-12-5-2-1-3-6-12)17-14(16(19)20)11-13-7-4-10-21-13/h1-11H,(H,17,18)(H,19,20)/b9-8+,14-11+. The van der Waals surface area contributed by atoms with Gasteiger partial charge in [0.05, 0.1) is 6.26 Å². The number of nitrogens with one attached hydrogen (secondary N) is 1. The molecule has 2 aromatic rings. The third-order valence-electron chi connectivity index (χ3n) is 2.54. The van der Waals surface area contributed by atoms with Crippen LogP contribution >= 0.6 is 0 Å². The third kappa shape index (κ3) is 4.50. The van der Waals surface area contributed by atoms with E-state index in [2.05, 4.69) is 5.32 Å². The van der Waals surface area contributed by atoms with E-state index in [9.17, 15) is 9.59 Å². The lowest BCUT2D eigenvalue weighted by Gasteiger charge is -2.02. The van der Waals surface area contributed by atoms with Crippen LogP contribution in [0, 0.1) is 0 Å². The van der Waals surface area contributed by atoms with E-state index in [4.69, 9.17) is 9.52 Å². The van der Waals surface area contributed by atoms with Crippen LogP contribution in [0.1, 0.15) is 11.3 Å². The monoisotopic (exact) mass is 283 g/mol. The number of benzene rings is 1. The zero-order valence-electron chi connectivity index (χ0n) is 11.0. The summed E-state index contributed by atoms with van der Waals surface area (Å²) in [6.45, 7) is 0. The number of hydrogen-bond donors (Lipinski definition) is 2. The second-order valence-electron chi connectivity index (χ2n) is 4.11. The largest absolute Gasteiger partial charge is 0.477 e. The zero-order chi connectivity index (χ0) is 15.1. The first kappa shape index (κ1) is 14.3. The summed E-state index contributed by atoms with van der Waals surface area (Å²) < 4.78 is 5.02. The highest BCUT2D eigenvalue weighted by atomic mass is 16.4. The maximum atomic E-state index is 11.7. The van der Waals surface area contributed by atoms with E-state index in [1.807, 2.05) is 30.3 Å². The summed E-state index contributed by atoms with van der Waals surface area (Å²) in [5.74, 6) is -1.42. The Morgan fingerprint density at radius 2 is 1.86 bits per heavy atom. The van der Waals surface area contributed by atoms with Crippen LogP contribution in [0.4, 0.5) is 0 Å². The van der Waals surface area contributed by atoms with Crippen molar-refractivity contribution in [3.05, 3.63) is 71.8 Å². The maximum absolute atomic E-state index is 11.7. The van der Waals surface area contributed by atoms with E-state index < -0.39 is 11.9 Å². The van der Waals surface area contributed by atoms with E-state index in [1.54, 1.807) is 18.2 Å². The quantitative estimate of drug-likeness (QED) is 0.826. The molecule has 0 aliphatic heterocycles. The van der Waals surface area contributed by atoms with Gasteiger partial charge in [0, 0.05) is 12.2 Å². The van der Waals surface area contributed by atoms with Crippen molar-refractivity contribution in [3.8, 4) is 0 Å². The molecule has 0 aliphatic rings. The number of carbonyl (C=O) groups is 2. The lowest BCUT2D eigenvalue weighted by molar-refractivity contribution is -0.134. The molecule has 5 nitrogen and oxygen atoms in total. The minimum absolute atomic E-state index is 0.257. The van der Waals surface area contributed by atoms with Gasteiger partial charge >= 0.3 is 5.97 Å². The number of carboxylic acids is 1. The van der Waals surface area contributed by atoms with Crippen LogP contribution in [0.5, 0.6) is 0 Å². The van der Waals surface area contributed by atoms with Gasteiger partial charge in [-0.3, -0.25) is 4.79 Å². The van der Waals surface area contributed by atoms with Gasteiger partial charge in [-0.15, -0.1) is 0 Å². The molecule has 0 spiro atoms. The highest BCUT2D eigenvalue weighted by molar-refractivity contribution is 6.01. The molecule has 0 saturated carbocycles.